The quantitative estimate of drug-likeness (QED) is 0.850. The number of aryl methyl sites for hydroxylation is 1. The third-order valence-corrected chi connectivity index (χ3v) is 3.93. The summed E-state index contributed by atoms with van der Waals surface area (Å²) in [6.45, 7) is 2.62. The van der Waals surface area contributed by atoms with Gasteiger partial charge in [-0.1, -0.05) is 0 Å². The van der Waals surface area contributed by atoms with Crippen molar-refractivity contribution in [1.29, 1.82) is 0 Å². The van der Waals surface area contributed by atoms with E-state index in [0.717, 1.165) is 30.0 Å². The largest absolute Gasteiger partial charge is 0.393 e. The number of hydrogen-bond acceptors (Lipinski definition) is 4. The second-order valence-electron chi connectivity index (χ2n) is 4.67. The van der Waals surface area contributed by atoms with Gasteiger partial charge in [-0.3, -0.25) is 4.79 Å². The fourth-order valence-electron chi connectivity index (χ4n) is 2.21. The molecule has 94 valence electrons. The minimum atomic E-state index is -0.168. The van der Waals surface area contributed by atoms with E-state index < -0.39 is 0 Å². The Hall–Kier alpha value is -0.940. The number of nitrogens with zero attached hydrogens (tertiary/aromatic N) is 1. The average Bonchev–Trinajstić information content (AvgIpc) is 2.85. The zero-order valence-electron chi connectivity index (χ0n) is 9.98. The molecule has 2 rings (SSSR count). The van der Waals surface area contributed by atoms with Gasteiger partial charge in [-0.2, -0.15) is 0 Å². The summed E-state index contributed by atoms with van der Waals surface area (Å²) in [5.41, 5.74) is 0.844. The molecule has 1 aliphatic rings. The lowest BCUT2D eigenvalue weighted by Crippen LogP contribution is -2.30. The molecule has 0 aliphatic heterocycles. The van der Waals surface area contributed by atoms with Crippen molar-refractivity contribution in [3.8, 4) is 0 Å². The smallest absolute Gasteiger partial charge is 0.226 e. The maximum Gasteiger partial charge on any atom is 0.226 e. The fourth-order valence-corrected chi connectivity index (χ4v) is 2.82. The van der Waals surface area contributed by atoms with E-state index in [1.54, 1.807) is 11.3 Å². The van der Waals surface area contributed by atoms with Gasteiger partial charge in [-0.15, -0.1) is 11.3 Å². The van der Waals surface area contributed by atoms with Crippen molar-refractivity contribution >= 4 is 17.2 Å². The molecule has 1 aromatic rings. The summed E-state index contributed by atoms with van der Waals surface area (Å²) in [6, 6.07) is 0. The molecule has 4 nitrogen and oxygen atoms in total. The Morgan fingerprint density at radius 1 is 1.65 bits per heavy atom. The van der Waals surface area contributed by atoms with E-state index in [0.29, 0.717) is 18.9 Å². The van der Waals surface area contributed by atoms with Crippen LogP contribution in [0, 0.1) is 12.8 Å². The molecule has 2 N–H and O–H groups in total. The highest BCUT2D eigenvalue weighted by molar-refractivity contribution is 7.09. The number of amides is 1. The predicted octanol–water partition coefficient (Wildman–Crippen LogP) is 1.27. The summed E-state index contributed by atoms with van der Waals surface area (Å²) in [7, 11) is 0. The number of hydrogen-bond donors (Lipinski definition) is 2. The summed E-state index contributed by atoms with van der Waals surface area (Å²) < 4.78 is 0. The predicted molar refractivity (Wildman–Crippen MR) is 66.9 cm³/mol. The standard InChI is InChI=1S/C12H18N2O2S/c1-8-14-10(7-17-8)5-12(16)13-6-9-2-3-11(15)4-9/h7,9,11,15H,2-6H2,1H3,(H,13,16). The van der Waals surface area contributed by atoms with Crippen molar-refractivity contribution < 1.29 is 9.90 Å². The molecule has 0 saturated heterocycles. The number of rotatable bonds is 4. The van der Waals surface area contributed by atoms with Gasteiger partial charge in [0.25, 0.3) is 0 Å². The van der Waals surface area contributed by atoms with Crippen LogP contribution in [0.2, 0.25) is 0 Å². The fraction of sp³-hybridized carbons (Fsp3) is 0.667. The third-order valence-electron chi connectivity index (χ3n) is 3.11. The van der Waals surface area contributed by atoms with E-state index >= 15 is 0 Å². The monoisotopic (exact) mass is 254 g/mol. The van der Waals surface area contributed by atoms with Gasteiger partial charge in [-0.25, -0.2) is 4.98 Å². The van der Waals surface area contributed by atoms with Crippen LogP contribution in [0.15, 0.2) is 5.38 Å². The maximum atomic E-state index is 11.7. The van der Waals surface area contributed by atoms with E-state index in [-0.39, 0.29) is 12.0 Å². The first-order valence-corrected chi connectivity index (χ1v) is 6.87. The van der Waals surface area contributed by atoms with Crippen LogP contribution >= 0.6 is 11.3 Å². The Bertz CT molecular complexity index is 392. The Balaban J connectivity index is 1.71. The van der Waals surface area contributed by atoms with Crippen molar-refractivity contribution in [3.05, 3.63) is 16.1 Å². The minimum Gasteiger partial charge on any atom is -0.393 e. The first kappa shape index (κ1) is 12.5. The molecule has 1 heterocycles. The van der Waals surface area contributed by atoms with Gasteiger partial charge < -0.3 is 10.4 Å². The van der Waals surface area contributed by atoms with E-state index in [1.807, 2.05) is 12.3 Å². The molecule has 2 atom stereocenters. The SMILES string of the molecule is Cc1nc(CC(=O)NCC2CCC(O)C2)cs1. The molecule has 0 bridgehead atoms. The molecular weight excluding hydrogens is 236 g/mol. The van der Waals surface area contributed by atoms with Gasteiger partial charge in [0.05, 0.1) is 23.2 Å². The van der Waals surface area contributed by atoms with Gasteiger partial charge in [0, 0.05) is 11.9 Å². The van der Waals surface area contributed by atoms with Gasteiger partial charge in [0.1, 0.15) is 0 Å². The van der Waals surface area contributed by atoms with Gasteiger partial charge >= 0.3 is 0 Å². The van der Waals surface area contributed by atoms with Crippen LogP contribution in [0.1, 0.15) is 30.0 Å². The second-order valence-corrected chi connectivity index (χ2v) is 5.73. The lowest BCUT2D eigenvalue weighted by atomic mass is 10.1. The first-order valence-electron chi connectivity index (χ1n) is 5.99. The highest BCUT2D eigenvalue weighted by Crippen LogP contribution is 2.24. The van der Waals surface area contributed by atoms with E-state index in [1.165, 1.54) is 0 Å². The van der Waals surface area contributed by atoms with Crippen LogP contribution in [0.5, 0.6) is 0 Å². The molecule has 1 aromatic heterocycles. The van der Waals surface area contributed by atoms with E-state index in [9.17, 15) is 9.90 Å². The van der Waals surface area contributed by atoms with Crippen molar-refractivity contribution in [2.45, 2.75) is 38.7 Å². The lowest BCUT2D eigenvalue weighted by Gasteiger charge is -2.10. The van der Waals surface area contributed by atoms with Crippen molar-refractivity contribution in [1.82, 2.24) is 10.3 Å². The number of aliphatic hydroxyl groups is 1. The number of carbonyl (C=O) groups is 1. The Morgan fingerprint density at radius 2 is 2.47 bits per heavy atom. The molecule has 2 unspecified atom stereocenters. The topological polar surface area (TPSA) is 62.2 Å². The van der Waals surface area contributed by atoms with E-state index in [2.05, 4.69) is 10.3 Å². The highest BCUT2D eigenvalue weighted by atomic mass is 32.1. The van der Waals surface area contributed by atoms with E-state index in [4.69, 9.17) is 0 Å². The number of thiazole rings is 1. The van der Waals surface area contributed by atoms with Crippen LogP contribution in [0.3, 0.4) is 0 Å². The van der Waals surface area contributed by atoms with Crippen LogP contribution in [-0.2, 0) is 11.2 Å². The maximum absolute atomic E-state index is 11.7. The van der Waals surface area contributed by atoms with Crippen LogP contribution in [0.25, 0.3) is 0 Å². The minimum absolute atomic E-state index is 0.0247. The van der Waals surface area contributed by atoms with Gasteiger partial charge in [0.15, 0.2) is 0 Å². The molecule has 0 aromatic carbocycles. The third kappa shape index (κ3) is 3.78. The Labute approximate surface area is 105 Å². The molecule has 1 amide bonds. The molecular formula is C12H18N2O2S. The first-order chi connectivity index (χ1) is 8.13. The summed E-state index contributed by atoms with van der Waals surface area (Å²) in [5, 5.41) is 15.2. The zero-order chi connectivity index (χ0) is 12.3. The molecule has 5 heteroatoms. The van der Waals surface area contributed by atoms with Crippen molar-refractivity contribution in [2.75, 3.05) is 6.54 Å². The molecule has 1 fully saturated rings. The zero-order valence-corrected chi connectivity index (χ0v) is 10.8. The summed E-state index contributed by atoms with van der Waals surface area (Å²) in [5.74, 6) is 0.461. The van der Waals surface area contributed by atoms with Crippen molar-refractivity contribution in [2.24, 2.45) is 5.92 Å². The van der Waals surface area contributed by atoms with Gasteiger partial charge in [-0.05, 0) is 32.1 Å². The molecule has 1 aliphatic carbocycles. The number of nitrogens with one attached hydrogen (secondary N) is 1. The normalized spacial score (nSPS) is 23.9. The van der Waals surface area contributed by atoms with Crippen LogP contribution in [0.4, 0.5) is 0 Å². The summed E-state index contributed by atoms with van der Waals surface area (Å²) in [4.78, 5) is 15.9. The lowest BCUT2D eigenvalue weighted by molar-refractivity contribution is -0.120. The Kier molecular flexibility index (Phi) is 4.12. The molecule has 17 heavy (non-hydrogen) atoms. The highest BCUT2D eigenvalue weighted by Gasteiger charge is 2.22. The molecule has 0 radical (unpaired) electrons. The van der Waals surface area contributed by atoms with Crippen molar-refractivity contribution in [3.63, 3.8) is 0 Å². The summed E-state index contributed by atoms with van der Waals surface area (Å²) in [6.07, 6.45) is 2.89. The average molecular weight is 254 g/mol. The van der Waals surface area contributed by atoms with Crippen LogP contribution < -0.4 is 5.32 Å². The number of carbonyl (C=O) groups excluding carboxylic acids is 1. The number of aliphatic hydroxyl groups excluding tert-OH is 1. The number of aromatic nitrogens is 1. The van der Waals surface area contributed by atoms with Crippen LogP contribution in [-0.4, -0.2) is 28.6 Å². The second kappa shape index (κ2) is 5.60. The summed E-state index contributed by atoms with van der Waals surface area (Å²) >= 11 is 1.57. The molecule has 1 saturated carbocycles. The van der Waals surface area contributed by atoms with Gasteiger partial charge in [0.2, 0.25) is 5.91 Å². The molecule has 0 spiro atoms. The Morgan fingerprint density at radius 3 is 3.06 bits per heavy atom.